The predicted molar refractivity (Wildman–Crippen MR) is 91.1 cm³/mol. The Bertz CT molecular complexity index is 894. The summed E-state index contributed by atoms with van der Waals surface area (Å²) >= 11 is 1.38. The smallest absolute Gasteiger partial charge is 0.310 e. The molecular formula is C16H14N2O3S2. The molecule has 0 aliphatic rings. The van der Waals surface area contributed by atoms with E-state index in [1.54, 1.807) is 30.3 Å². The van der Waals surface area contributed by atoms with Gasteiger partial charge in [0.1, 0.15) is 17.1 Å². The molecule has 7 heteroatoms. The molecule has 3 aromatic rings. The standard InChI is InChI=1S/C16H14N2O3S2/c19-23(20,21-13-6-2-1-3-7-13)11-10-22-16-14-8-4-5-9-15(14)17-12-18-16/h1-9,12H,10-11H2. The number of thioether (sulfide) groups is 1. The molecule has 2 aromatic carbocycles. The van der Waals surface area contributed by atoms with E-state index in [0.717, 1.165) is 15.9 Å². The maximum atomic E-state index is 12.0. The van der Waals surface area contributed by atoms with E-state index in [2.05, 4.69) is 9.97 Å². The SMILES string of the molecule is O=S(=O)(CCSc1ncnc2ccccc12)Oc1ccccc1. The Morgan fingerprint density at radius 3 is 2.52 bits per heavy atom. The van der Waals surface area contributed by atoms with Gasteiger partial charge in [-0.15, -0.1) is 11.8 Å². The monoisotopic (exact) mass is 346 g/mol. The zero-order valence-electron chi connectivity index (χ0n) is 12.1. The van der Waals surface area contributed by atoms with Crippen LogP contribution in [0.4, 0.5) is 0 Å². The molecule has 0 N–H and O–H groups in total. The van der Waals surface area contributed by atoms with Crippen LogP contribution in [-0.2, 0) is 10.1 Å². The topological polar surface area (TPSA) is 69.2 Å². The van der Waals surface area contributed by atoms with Gasteiger partial charge in [0.05, 0.1) is 11.3 Å². The zero-order chi connectivity index (χ0) is 16.1. The molecule has 0 aliphatic heterocycles. The first-order valence-corrected chi connectivity index (χ1v) is 9.50. The molecule has 118 valence electrons. The van der Waals surface area contributed by atoms with Crippen LogP contribution in [0.2, 0.25) is 0 Å². The molecule has 5 nitrogen and oxygen atoms in total. The van der Waals surface area contributed by atoms with Crippen LogP contribution in [0.1, 0.15) is 0 Å². The van der Waals surface area contributed by atoms with Crippen molar-refractivity contribution < 1.29 is 12.6 Å². The molecular weight excluding hydrogens is 332 g/mol. The molecule has 1 aromatic heterocycles. The van der Waals surface area contributed by atoms with Crippen LogP contribution in [0.15, 0.2) is 66.0 Å². The average molecular weight is 346 g/mol. The average Bonchev–Trinajstić information content (AvgIpc) is 2.55. The van der Waals surface area contributed by atoms with E-state index in [-0.39, 0.29) is 5.75 Å². The summed E-state index contributed by atoms with van der Waals surface area (Å²) < 4.78 is 29.0. The summed E-state index contributed by atoms with van der Waals surface area (Å²) in [5.41, 5.74) is 0.841. The lowest BCUT2D eigenvalue weighted by Crippen LogP contribution is -2.15. The molecule has 23 heavy (non-hydrogen) atoms. The fourth-order valence-corrected chi connectivity index (χ4v) is 4.28. The molecule has 0 fully saturated rings. The third kappa shape index (κ3) is 4.20. The number of fused-ring (bicyclic) bond motifs is 1. The van der Waals surface area contributed by atoms with Gasteiger partial charge in [-0.2, -0.15) is 8.42 Å². The Hall–Kier alpha value is -2.12. The van der Waals surface area contributed by atoms with E-state index in [9.17, 15) is 8.42 Å². The van der Waals surface area contributed by atoms with E-state index < -0.39 is 10.1 Å². The van der Waals surface area contributed by atoms with Crippen LogP contribution in [0, 0.1) is 0 Å². The molecule has 0 unspecified atom stereocenters. The van der Waals surface area contributed by atoms with Crippen molar-refractivity contribution in [1.82, 2.24) is 9.97 Å². The fraction of sp³-hybridized carbons (Fsp3) is 0.125. The van der Waals surface area contributed by atoms with Crippen molar-refractivity contribution in [3.63, 3.8) is 0 Å². The van der Waals surface area contributed by atoms with Crippen LogP contribution < -0.4 is 4.18 Å². The zero-order valence-corrected chi connectivity index (χ0v) is 13.8. The molecule has 0 aliphatic carbocycles. The van der Waals surface area contributed by atoms with E-state index >= 15 is 0 Å². The lowest BCUT2D eigenvalue weighted by atomic mass is 10.2. The second-order valence-corrected chi connectivity index (χ2v) is 7.48. The number of hydrogen-bond acceptors (Lipinski definition) is 6. The van der Waals surface area contributed by atoms with E-state index in [0.29, 0.717) is 11.5 Å². The van der Waals surface area contributed by atoms with Crippen LogP contribution >= 0.6 is 11.8 Å². The quantitative estimate of drug-likeness (QED) is 0.388. The summed E-state index contributed by atoms with van der Waals surface area (Å²) in [6.07, 6.45) is 1.49. The number of aromatic nitrogens is 2. The summed E-state index contributed by atoms with van der Waals surface area (Å²) in [6.45, 7) is 0. The van der Waals surface area contributed by atoms with Gasteiger partial charge in [0.15, 0.2) is 0 Å². The summed E-state index contributed by atoms with van der Waals surface area (Å²) in [7, 11) is -3.62. The van der Waals surface area contributed by atoms with Crippen LogP contribution in [-0.4, -0.2) is 29.9 Å². The van der Waals surface area contributed by atoms with Crippen molar-refractivity contribution in [3.8, 4) is 5.75 Å². The summed E-state index contributed by atoms with van der Waals surface area (Å²) in [4.78, 5) is 8.41. The first-order chi connectivity index (χ1) is 11.1. The summed E-state index contributed by atoms with van der Waals surface area (Å²) in [5, 5.41) is 1.69. The van der Waals surface area contributed by atoms with Crippen LogP contribution in [0.25, 0.3) is 10.9 Å². The molecule has 0 amide bonds. The van der Waals surface area contributed by atoms with Crippen molar-refractivity contribution in [3.05, 3.63) is 60.9 Å². The van der Waals surface area contributed by atoms with Gasteiger partial charge >= 0.3 is 10.1 Å². The Morgan fingerprint density at radius 2 is 1.70 bits per heavy atom. The minimum Gasteiger partial charge on any atom is -0.382 e. The van der Waals surface area contributed by atoms with Crippen molar-refractivity contribution in [1.29, 1.82) is 0 Å². The van der Waals surface area contributed by atoms with Crippen molar-refractivity contribution in [2.24, 2.45) is 0 Å². The summed E-state index contributed by atoms with van der Waals surface area (Å²) in [6, 6.07) is 16.1. The number of para-hydroxylation sites is 2. The van der Waals surface area contributed by atoms with Crippen molar-refractivity contribution in [2.45, 2.75) is 5.03 Å². The van der Waals surface area contributed by atoms with E-state index in [4.69, 9.17) is 4.18 Å². The molecule has 0 spiro atoms. The first-order valence-electron chi connectivity index (χ1n) is 6.94. The van der Waals surface area contributed by atoms with E-state index in [1.165, 1.54) is 18.1 Å². The minimum atomic E-state index is -3.62. The molecule has 0 radical (unpaired) electrons. The molecule has 1 heterocycles. The number of nitrogens with zero attached hydrogens (tertiary/aromatic N) is 2. The molecule has 3 rings (SSSR count). The van der Waals surface area contributed by atoms with Gasteiger partial charge in [-0.1, -0.05) is 36.4 Å². The normalized spacial score (nSPS) is 11.5. The number of rotatable bonds is 6. The summed E-state index contributed by atoms with van der Waals surface area (Å²) in [5.74, 6) is 0.589. The Kier molecular flexibility index (Phi) is 4.78. The van der Waals surface area contributed by atoms with Gasteiger partial charge in [-0.25, -0.2) is 9.97 Å². The van der Waals surface area contributed by atoms with Gasteiger partial charge in [0.25, 0.3) is 0 Å². The lowest BCUT2D eigenvalue weighted by Gasteiger charge is -2.07. The molecule has 0 saturated heterocycles. The Morgan fingerprint density at radius 1 is 0.957 bits per heavy atom. The van der Waals surface area contributed by atoms with Crippen LogP contribution in [0.5, 0.6) is 5.75 Å². The fourth-order valence-electron chi connectivity index (χ4n) is 2.00. The highest BCUT2D eigenvalue weighted by Gasteiger charge is 2.13. The minimum absolute atomic E-state index is 0.0924. The van der Waals surface area contributed by atoms with Crippen molar-refractivity contribution >= 4 is 32.8 Å². The maximum Gasteiger partial charge on any atom is 0.310 e. The maximum absolute atomic E-state index is 12.0. The Balaban J connectivity index is 1.64. The highest BCUT2D eigenvalue weighted by atomic mass is 32.2. The van der Waals surface area contributed by atoms with Crippen LogP contribution in [0.3, 0.4) is 0 Å². The molecule has 0 bridgehead atoms. The molecule has 0 atom stereocenters. The van der Waals surface area contributed by atoms with Crippen molar-refractivity contribution in [2.75, 3.05) is 11.5 Å². The van der Waals surface area contributed by atoms with Gasteiger partial charge in [-0.3, -0.25) is 0 Å². The van der Waals surface area contributed by atoms with Gasteiger partial charge in [0.2, 0.25) is 0 Å². The Labute approximate surface area is 138 Å². The largest absolute Gasteiger partial charge is 0.382 e. The highest BCUT2D eigenvalue weighted by Crippen LogP contribution is 2.24. The second kappa shape index (κ2) is 6.97. The lowest BCUT2D eigenvalue weighted by molar-refractivity contribution is 0.488. The third-order valence-electron chi connectivity index (χ3n) is 3.04. The third-order valence-corrected chi connectivity index (χ3v) is 5.46. The van der Waals surface area contributed by atoms with E-state index in [1.807, 2.05) is 24.3 Å². The predicted octanol–water partition coefficient (Wildman–Crippen LogP) is 3.13. The molecule has 0 saturated carbocycles. The second-order valence-electron chi connectivity index (χ2n) is 4.70. The number of hydrogen-bond donors (Lipinski definition) is 0. The first kappa shape index (κ1) is 15.8. The number of benzene rings is 2. The van der Waals surface area contributed by atoms with Gasteiger partial charge < -0.3 is 4.18 Å². The van der Waals surface area contributed by atoms with Gasteiger partial charge in [0, 0.05) is 11.1 Å². The van der Waals surface area contributed by atoms with Gasteiger partial charge in [-0.05, 0) is 18.2 Å². The highest BCUT2D eigenvalue weighted by molar-refractivity contribution is 8.00.